The van der Waals surface area contributed by atoms with Gasteiger partial charge in [-0.05, 0) is 85.7 Å². The van der Waals surface area contributed by atoms with Gasteiger partial charge in [0.05, 0.1) is 31.1 Å². The van der Waals surface area contributed by atoms with E-state index in [-0.39, 0.29) is 23.3 Å². The largest absolute Gasteiger partial charge is 0.496 e. The highest BCUT2D eigenvalue weighted by Gasteiger charge is 2.56. The first-order chi connectivity index (χ1) is 21.2. The number of rotatable bonds is 10. The van der Waals surface area contributed by atoms with Crippen LogP contribution in [0.25, 0.3) is 16.6 Å². The van der Waals surface area contributed by atoms with Crippen LogP contribution in [0.1, 0.15) is 67.4 Å². The Hall–Kier alpha value is -4.12. The van der Waals surface area contributed by atoms with Gasteiger partial charge in [-0.3, -0.25) is 4.79 Å². The van der Waals surface area contributed by atoms with Crippen molar-refractivity contribution in [2.75, 3.05) is 19.0 Å². The normalized spacial score (nSPS) is 15.7. The molecule has 1 atom stereocenters. The van der Waals surface area contributed by atoms with Crippen LogP contribution in [0.4, 0.5) is 23.2 Å². The number of fused-ring (bicyclic) bond motifs is 1. The van der Waals surface area contributed by atoms with Gasteiger partial charge in [0.2, 0.25) is 0 Å². The summed E-state index contributed by atoms with van der Waals surface area (Å²) in [6.07, 6.45) is -0.116. The lowest BCUT2D eigenvalue weighted by molar-refractivity contribution is -0.260. The van der Waals surface area contributed by atoms with Crippen LogP contribution in [0.15, 0.2) is 60.8 Å². The van der Waals surface area contributed by atoms with Gasteiger partial charge in [0.25, 0.3) is 5.91 Å². The van der Waals surface area contributed by atoms with E-state index in [1.807, 2.05) is 13.0 Å². The minimum atomic E-state index is -5.01. The van der Waals surface area contributed by atoms with Crippen LogP contribution >= 0.6 is 0 Å². The van der Waals surface area contributed by atoms with E-state index < -0.39 is 36.0 Å². The minimum absolute atomic E-state index is 0.163. The Morgan fingerprint density at radius 3 is 2.51 bits per heavy atom. The van der Waals surface area contributed by atoms with E-state index in [0.717, 1.165) is 37.3 Å². The van der Waals surface area contributed by atoms with E-state index in [0.29, 0.717) is 27.8 Å². The Kier molecular flexibility index (Phi) is 8.86. The number of ether oxygens (including phenoxy) is 1. The first kappa shape index (κ1) is 32.3. The summed E-state index contributed by atoms with van der Waals surface area (Å²) in [5.74, 6) is -0.553. The molecule has 5 rings (SSSR count). The fourth-order valence-corrected chi connectivity index (χ4v) is 6.28. The summed E-state index contributed by atoms with van der Waals surface area (Å²) in [7, 11) is 1.36. The SMILES string of the molecule is COc1ccc(F)cc1C(C)(C)CC(O)(CNc1cc(C)cc2c1cnn2-c1cccc(C(=O)NC2CCCC2)c1)C(F)(F)F. The van der Waals surface area contributed by atoms with Crippen molar-refractivity contribution < 1.29 is 32.2 Å². The van der Waals surface area contributed by atoms with E-state index in [2.05, 4.69) is 15.7 Å². The molecule has 1 heterocycles. The summed E-state index contributed by atoms with van der Waals surface area (Å²) >= 11 is 0. The number of hydrogen-bond acceptors (Lipinski definition) is 5. The van der Waals surface area contributed by atoms with Gasteiger partial charge in [0.15, 0.2) is 5.60 Å². The molecule has 1 aliphatic carbocycles. The molecule has 0 aliphatic heterocycles. The van der Waals surface area contributed by atoms with E-state index in [1.165, 1.54) is 39.3 Å². The first-order valence-corrected chi connectivity index (χ1v) is 15.0. The van der Waals surface area contributed by atoms with Crippen LogP contribution < -0.4 is 15.4 Å². The van der Waals surface area contributed by atoms with Crippen molar-refractivity contribution in [1.82, 2.24) is 15.1 Å². The van der Waals surface area contributed by atoms with Gasteiger partial charge in [0, 0.05) is 28.2 Å². The third-order valence-electron chi connectivity index (χ3n) is 8.60. The molecule has 240 valence electrons. The molecular weight excluding hydrogens is 588 g/mol. The second-order valence-electron chi connectivity index (χ2n) is 12.6. The number of nitrogens with one attached hydrogen (secondary N) is 2. The Bertz CT molecular complexity index is 1690. The third-order valence-corrected chi connectivity index (χ3v) is 8.60. The first-order valence-electron chi connectivity index (χ1n) is 15.0. The molecule has 4 aromatic rings. The van der Waals surface area contributed by atoms with Gasteiger partial charge in [-0.1, -0.05) is 32.8 Å². The van der Waals surface area contributed by atoms with E-state index in [1.54, 1.807) is 35.0 Å². The molecule has 1 aliphatic rings. The molecule has 1 amide bonds. The second-order valence-corrected chi connectivity index (χ2v) is 12.6. The average Bonchev–Trinajstić information content (AvgIpc) is 3.65. The summed E-state index contributed by atoms with van der Waals surface area (Å²) in [4.78, 5) is 12.9. The van der Waals surface area contributed by atoms with Crippen LogP contribution in [0.2, 0.25) is 0 Å². The molecule has 0 spiro atoms. The smallest absolute Gasteiger partial charge is 0.418 e. The number of alkyl halides is 3. The number of nitrogens with zero attached hydrogens (tertiary/aromatic N) is 2. The van der Waals surface area contributed by atoms with E-state index in [9.17, 15) is 27.5 Å². The molecule has 3 aromatic carbocycles. The number of carbonyl (C=O) groups is 1. The Labute approximate surface area is 259 Å². The van der Waals surface area contributed by atoms with Crippen molar-refractivity contribution in [3.8, 4) is 11.4 Å². The van der Waals surface area contributed by atoms with Crippen LogP contribution in [-0.2, 0) is 5.41 Å². The number of benzene rings is 3. The number of aryl methyl sites for hydroxylation is 1. The summed E-state index contributed by atoms with van der Waals surface area (Å²) in [5.41, 5.74) is -1.45. The van der Waals surface area contributed by atoms with Gasteiger partial charge < -0.3 is 20.5 Å². The fraction of sp³-hybridized carbons (Fsp3) is 0.412. The number of hydrogen-bond donors (Lipinski definition) is 3. The topological polar surface area (TPSA) is 88.4 Å². The summed E-state index contributed by atoms with van der Waals surface area (Å²) < 4.78 is 64.6. The van der Waals surface area contributed by atoms with Crippen LogP contribution in [0, 0.1) is 12.7 Å². The van der Waals surface area contributed by atoms with Crippen molar-refractivity contribution in [3.63, 3.8) is 0 Å². The van der Waals surface area contributed by atoms with Crippen molar-refractivity contribution >= 4 is 22.5 Å². The maximum absolute atomic E-state index is 14.5. The summed E-state index contributed by atoms with van der Waals surface area (Å²) in [6, 6.07) is 14.4. The van der Waals surface area contributed by atoms with Crippen molar-refractivity contribution in [3.05, 3.63) is 83.3 Å². The molecule has 11 heteroatoms. The highest BCUT2D eigenvalue weighted by Crippen LogP contribution is 2.44. The van der Waals surface area contributed by atoms with Crippen LogP contribution in [0.5, 0.6) is 5.75 Å². The van der Waals surface area contributed by atoms with Crippen LogP contribution in [-0.4, -0.2) is 52.3 Å². The zero-order chi connectivity index (χ0) is 32.6. The zero-order valence-electron chi connectivity index (χ0n) is 25.8. The zero-order valence-corrected chi connectivity index (χ0v) is 25.8. The maximum Gasteiger partial charge on any atom is 0.418 e. The lowest BCUT2D eigenvalue weighted by Gasteiger charge is -2.38. The number of amides is 1. The predicted octanol–water partition coefficient (Wildman–Crippen LogP) is 7.23. The number of aliphatic hydroxyl groups is 1. The van der Waals surface area contributed by atoms with Crippen molar-refractivity contribution in [2.24, 2.45) is 0 Å². The molecule has 1 aromatic heterocycles. The van der Waals surface area contributed by atoms with Gasteiger partial charge in [-0.2, -0.15) is 18.3 Å². The van der Waals surface area contributed by atoms with E-state index in [4.69, 9.17) is 4.74 Å². The quantitative estimate of drug-likeness (QED) is 0.162. The van der Waals surface area contributed by atoms with Gasteiger partial charge >= 0.3 is 6.18 Å². The molecule has 1 fully saturated rings. The van der Waals surface area contributed by atoms with Crippen molar-refractivity contribution in [1.29, 1.82) is 0 Å². The molecule has 1 saturated carbocycles. The predicted molar refractivity (Wildman–Crippen MR) is 166 cm³/mol. The average molecular weight is 627 g/mol. The molecule has 0 saturated heterocycles. The molecule has 45 heavy (non-hydrogen) atoms. The van der Waals surface area contributed by atoms with Gasteiger partial charge in [-0.15, -0.1) is 0 Å². The van der Waals surface area contributed by atoms with E-state index >= 15 is 0 Å². The standard InChI is InChI=1S/C34H38F4N4O3/c1-21-14-28(39-20-33(44,34(36,37)38)19-32(2,3)27-17-23(35)12-13-30(27)45-4)26-18-40-42(29(26)15-21)25-11-7-8-22(16-25)31(43)41-24-9-5-6-10-24/h7-8,11-18,24,39,44H,5-6,9-10,19-20H2,1-4H3,(H,41,43). The number of carbonyl (C=O) groups excluding carboxylic acids is 1. The molecule has 1 unspecified atom stereocenters. The second kappa shape index (κ2) is 12.3. The molecule has 7 nitrogen and oxygen atoms in total. The monoisotopic (exact) mass is 626 g/mol. The van der Waals surface area contributed by atoms with Crippen molar-refractivity contribution in [2.45, 2.75) is 76.1 Å². The molecule has 0 radical (unpaired) electrons. The maximum atomic E-state index is 14.5. The third kappa shape index (κ3) is 6.78. The fourth-order valence-electron chi connectivity index (χ4n) is 6.28. The summed E-state index contributed by atoms with van der Waals surface area (Å²) in [5, 5.41) is 22.1. The number of halogens is 4. The lowest BCUT2D eigenvalue weighted by atomic mass is 9.74. The lowest BCUT2D eigenvalue weighted by Crippen LogP contribution is -2.53. The highest BCUT2D eigenvalue weighted by molar-refractivity contribution is 5.96. The number of aromatic nitrogens is 2. The number of methoxy groups -OCH3 is 1. The number of anilines is 1. The minimum Gasteiger partial charge on any atom is -0.496 e. The Morgan fingerprint density at radius 1 is 1.09 bits per heavy atom. The molecule has 3 N–H and O–H groups in total. The molecule has 0 bridgehead atoms. The Morgan fingerprint density at radius 2 is 1.82 bits per heavy atom. The van der Waals surface area contributed by atoms with Gasteiger partial charge in [-0.25, -0.2) is 9.07 Å². The van der Waals surface area contributed by atoms with Gasteiger partial charge in [0.1, 0.15) is 11.6 Å². The highest BCUT2D eigenvalue weighted by atomic mass is 19.4. The molecular formula is C34H38F4N4O3. The summed E-state index contributed by atoms with van der Waals surface area (Å²) in [6.45, 7) is 3.97. The Balaban J connectivity index is 1.43. The van der Waals surface area contributed by atoms with Crippen LogP contribution in [0.3, 0.4) is 0 Å².